The summed E-state index contributed by atoms with van der Waals surface area (Å²) >= 11 is 6.21. The van der Waals surface area contributed by atoms with E-state index in [-0.39, 0.29) is 17.4 Å². The van der Waals surface area contributed by atoms with Crippen molar-refractivity contribution < 1.29 is 14.6 Å². The quantitative estimate of drug-likeness (QED) is 0.611. The van der Waals surface area contributed by atoms with Crippen molar-refractivity contribution in [3.05, 3.63) is 94.1 Å². The van der Waals surface area contributed by atoms with Crippen molar-refractivity contribution in [3.8, 4) is 11.5 Å². The Bertz CT molecular complexity index is 1150. The first-order chi connectivity index (χ1) is 14.0. The lowest BCUT2D eigenvalue weighted by atomic mass is 10.0. The van der Waals surface area contributed by atoms with Crippen LogP contribution in [0.2, 0.25) is 5.02 Å². The summed E-state index contributed by atoms with van der Waals surface area (Å²) in [7, 11) is 1.48. The fourth-order valence-corrected chi connectivity index (χ4v) is 3.28. The lowest BCUT2D eigenvalue weighted by molar-refractivity contribution is -0.112. The average Bonchev–Trinajstić information content (AvgIpc) is 2.85. The van der Waals surface area contributed by atoms with Crippen LogP contribution in [0.4, 0.5) is 5.69 Å². The maximum atomic E-state index is 12.8. The van der Waals surface area contributed by atoms with Crippen LogP contribution in [-0.4, -0.2) is 23.8 Å². The minimum Gasteiger partial charge on any atom is -0.504 e. The van der Waals surface area contributed by atoms with E-state index in [1.54, 1.807) is 36.4 Å². The molecule has 144 valence electrons. The predicted molar refractivity (Wildman–Crippen MR) is 115 cm³/mol. The Morgan fingerprint density at radius 3 is 2.59 bits per heavy atom. The molecule has 0 saturated heterocycles. The van der Waals surface area contributed by atoms with Crippen molar-refractivity contribution in [2.45, 2.75) is 0 Å². The van der Waals surface area contributed by atoms with Crippen LogP contribution in [-0.2, 0) is 4.79 Å². The summed E-state index contributed by atoms with van der Waals surface area (Å²) in [5.74, 6) is -0.0130. The highest BCUT2D eigenvalue weighted by molar-refractivity contribution is 6.32. The molecule has 0 radical (unpaired) electrons. The molecule has 1 heterocycles. The second-order valence-corrected chi connectivity index (χ2v) is 6.87. The van der Waals surface area contributed by atoms with Gasteiger partial charge in [0.05, 0.1) is 18.5 Å². The minimum atomic E-state index is -0.352. The third kappa shape index (κ3) is 3.86. The number of methoxy groups -OCH3 is 1. The van der Waals surface area contributed by atoms with Crippen LogP contribution in [0.5, 0.6) is 11.5 Å². The molecular formula is C23H17ClN2O3. The second kappa shape index (κ2) is 7.81. The van der Waals surface area contributed by atoms with E-state index < -0.39 is 0 Å². The van der Waals surface area contributed by atoms with Crippen molar-refractivity contribution in [2.75, 3.05) is 12.4 Å². The highest BCUT2D eigenvalue weighted by atomic mass is 35.5. The number of phenolic OH excluding ortho intramolecular Hbond substituents is 1. The van der Waals surface area contributed by atoms with Gasteiger partial charge in [-0.3, -0.25) is 4.79 Å². The number of benzene rings is 3. The number of carbonyl (C=O) groups excluding carboxylic acids is 1. The van der Waals surface area contributed by atoms with Crippen LogP contribution in [0.25, 0.3) is 6.08 Å². The maximum Gasteiger partial charge on any atom is 0.274 e. The monoisotopic (exact) mass is 404 g/mol. The summed E-state index contributed by atoms with van der Waals surface area (Å²) in [6, 6.07) is 19.7. The van der Waals surface area contributed by atoms with E-state index in [0.717, 1.165) is 11.1 Å². The molecule has 1 aliphatic heterocycles. The number of nitrogens with zero attached hydrogens (tertiary/aromatic N) is 1. The summed E-state index contributed by atoms with van der Waals surface area (Å²) in [4.78, 5) is 17.5. The molecule has 0 saturated carbocycles. The normalized spacial score (nSPS) is 14.6. The van der Waals surface area contributed by atoms with Gasteiger partial charge < -0.3 is 15.2 Å². The van der Waals surface area contributed by atoms with Crippen LogP contribution < -0.4 is 10.1 Å². The van der Waals surface area contributed by atoms with Gasteiger partial charge >= 0.3 is 0 Å². The zero-order chi connectivity index (χ0) is 20.4. The van der Waals surface area contributed by atoms with Gasteiger partial charge in [0, 0.05) is 16.1 Å². The molecule has 0 spiro atoms. The van der Waals surface area contributed by atoms with Crippen LogP contribution in [0.3, 0.4) is 0 Å². The fraction of sp³-hybridized carbons (Fsp3) is 0.0435. The number of anilines is 1. The SMILES string of the molecule is COc1ccc(/C=C2/N=C(c3ccccc3)c3cc(Cl)ccc3NC2=O)cc1O. The Hall–Kier alpha value is -3.57. The zero-order valence-corrected chi connectivity index (χ0v) is 16.3. The predicted octanol–water partition coefficient (Wildman–Crippen LogP) is 4.88. The van der Waals surface area contributed by atoms with Gasteiger partial charge in [-0.25, -0.2) is 4.99 Å². The fourth-order valence-electron chi connectivity index (χ4n) is 3.11. The van der Waals surface area contributed by atoms with Crippen molar-refractivity contribution in [1.82, 2.24) is 0 Å². The van der Waals surface area contributed by atoms with Crippen molar-refractivity contribution >= 4 is 35.0 Å². The van der Waals surface area contributed by atoms with Gasteiger partial charge in [-0.2, -0.15) is 0 Å². The number of phenols is 1. The molecular weight excluding hydrogens is 388 g/mol. The number of benzodiazepines with no additional fused rings is 1. The molecule has 4 rings (SSSR count). The molecule has 1 amide bonds. The van der Waals surface area contributed by atoms with E-state index in [1.165, 1.54) is 13.2 Å². The molecule has 0 bridgehead atoms. The van der Waals surface area contributed by atoms with Gasteiger partial charge in [0.2, 0.25) is 0 Å². The third-order valence-electron chi connectivity index (χ3n) is 4.50. The molecule has 1 aliphatic rings. The van der Waals surface area contributed by atoms with Crippen molar-refractivity contribution in [3.63, 3.8) is 0 Å². The van der Waals surface area contributed by atoms with Gasteiger partial charge in [-0.15, -0.1) is 0 Å². The number of amides is 1. The summed E-state index contributed by atoms with van der Waals surface area (Å²) in [6.07, 6.45) is 1.62. The summed E-state index contributed by atoms with van der Waals surface area (Å²) in [6.45, 7) is 0. The Balaban J connectivity index is 1.88. The van der Waals surface area contributed by atoms with E-state index >= 15 is 0 Å². The largest absolute Gasteiger partial charge is 0.504 e. The number of aliphatic imine (C=N–C) groups is 1. The molecule has 0 fully saturated rings. The number of nitrogens with one attached hydrogen (secondary N) is 1. The summed E-state index contributed by atoms with van der Waals surface area (Å²) in [5.41, 5.74) is 3.68. The van der Waals surface area contributed by atoms with E-state index in [1.807, 2.05) is 30.3 Å². The lowest BCUT2D eigenvalue weighted by Crippen LogP contribution is -2.12. The highest BCUT2D eigenvalue weighted by Gasteiger charge is 2.22. The summed E-state index contributed by atoms with van der Waals surface area (Å²) < 4.78 is 5.07. The van der Waals surface area contributed by atoms with Crippen molar-refractivity contribution in [1.29, 1.82) is 0 Å². The first-order valence-corrected chi connectivity index (χ1v) is 9.27. The van der Waals surface area contributed by atoms with Gasteiger partial charge in [0.15, 0.2) is 11.5 Å². The van der Waals surface area contributed by atoms with E-state index in [0.29, 0.717) is 27.7 Å². The van der Waals surface area contributed by atoms with Gasteiger partial charge in [0.25, 0.3) is 5.91 Å². The topological polar surface area (TPSA) is 70.9 Å². The third-order valence-corrected chi connectivity index (χ3v) is 4.74. The Labute approximate surface area is 172 Å². The molecule has 3 aromatic carbocycles. The van der Waals surface area contributed by atoms with E-state index in [4.69, 9.17) is 16.3 Å². The van der Waals surface area contributed by atoms with Crippen molar-refractivity contribution in [2.24, 2.45) is 4.99 Å². The van der Waals surface area contributed by atoms with E-state index in [9.17, 15) is 9.90 Å². The molecule has 0 unspecified atom stereocenters. The number of halogens is 1. The molecule has 0 aromatic heterocycles. The molecule has 29 heavy (non-hydrogen) atoms. The zero-order valence-electron chi connectivity index (χ0n) is 15.5. The number of fused-ring (bicyclic) bond motifs is 1. The molecule has 0 aliphatic carbocycles. The molecule has 2 N–H and O–H groups in total. The first kappa shape index (κ1) is 18.8. The van der Waals surface area contributed by atoms with Crippen LogP contribution >= 0.6 is 11.6 Å². The number of aromatic hydroxyl groups is 1. The van der Waals surface area contributed by atoms with Crippen LogP contribution in [0.15, 0.2) is 77.4 Å². The van der Waals surface area contributed by atoms with Gasteiger partial charge in [0.1, 0.15) is 5.70 Å². The Morgan fingerprint density at radius 1 is 1.07 bits per heavy atom. The molecule has 6 heteroatoms. The summed E-state index contributed by atoms with van der Waals surface area (Å²) in [5, 5.41) is 13.5. The average molecular weight is 405 g/mol. The number of hydrogen-bond donors (Lipinski definition) is 2. The Kier molecular flexibility index (Phi) is 5.06. The van der Waals surface area contributed by atoms with Crippen LogP contribution in [0.1, 0.15) is 16.7 Å². The second-order valence-electron chi connectivity index (χ2n) is 6.43. The first-order valence-electron chi connectivity index (χ1n) is 8.89. The molecule has 5 nitrogen and oxygen atoms in total. The molecule has 0 atom stereocenters. The Morgan fingerprint density at radius 2 is 1.86 bits per heavy atom. The van der Waals surface area contributed by atoms with Gasteiger partial charge in [-0.05, 0) is 42.0 Å². The highest BCUT2D eigenvalue weighted by Crippen LogP contribution is 2.30. The number of hydrogen-bond acceptors (Lipinski definition) is 4. The number of ether oxygens (including phenoxy) is 1. The molecule has 3 aromatic rings. The smallest absolute Gasteiger partial charge is 0.274 e. The van der Waals surface area contributed by atoms with Crippen LogP contribution in [0, 0.1) is 0 Å². The standard InChI is InChI=1S/C23H17ClN2O3/c1-29-21-10-7-14(12-20(21)27)11-19-23(28)26-18-9-8-16(24)13-17(18)22(25-19)15-5-3-2-4-6-15/h2-13,27H,1H3,(H,26,28)/b19-11+. The minimum absolute atomic E-state index is 0.0155. The lowest BCUT2D eigenvalue weighted by Gasteiger charge is -2.10. The van der Waals surface area contributed by atoms with E-state index in [2.05, 4.69) is 10.3 Å². The van der Waals surface area contributed by atoms with Gasteiger partial charge in [-0.1, -0.05) is 48.0 Å². The number of carbonyl (C=O) groups is 1. The number of rotatable bonds is 3. The maximum absolute atomic E-state index is 12.8.